The number of aliphatic hydroxyl groups is 1. The summed E-state index contributed by atoms with van der Waals surface area (Å²) in [4.78, 5) is 11.3. The van der Waals surface area contributed by atoms with Gasteiger partial charge in [0.25, 0.3) is 0 Å². The summed E-state index contributed by atoms with van der Waals surface area (Å²) in [6.07, 6.45) is 0. The zero-order chi connectivity index (χ0) is 10.7. The van der Waals surface area contributed by atoms with Crippen molar-refractivity contribution < 1.29 is 14.6 Å². The molecule has 5 N–H and O–H groups in total. The number of carbonyl (C=O) groups is 1. The van der Waals surface area contributed by atoms with Crippen LogP contribution in [0.15, 0.2) is 0 Å². The largest absolute Gasteiger partial charge is 0.458 e. The second-order valence-corrected chi connectivity index (χ2v) is 3.94. The predicted octanol–water partition coefficient (Wildman–Crippen LogP) is -1.02. The Bertz CT molecular complexity index is 182. The summed E-state index contributed by atoms with van der Waals surface area (Å²) in [5, 5.41) is 9.54. The van der Waals surface area contributed by atoms with Crippen molar-refractivity contribution in [3.63, 3.8) is 0 Å². The average molecular weight is 190 g/mol. The lowest BCUT2D eigenvalue weighted by Crippen LogP contribution is -2.54. The minimum atomic E-state index is -1.76. The van der Waals surface area contributed by atoms with E-state index in [-0.39, 0.29) is 13.1 Å². The summed E-state index contributed by atoms with van der Waals surface area (Å²) in [7, 11) is 0. The molecule has 5 heteroatoms. The van der Waals surface area contributed by atoms with Crippen molar-refractivity contribution in [1.82, 2.24) is 0 Å². The Morgan fingerprint density at radius 3 is 1.92 bits per heavy atom. The van der Waals surface area contributed by atoms with Gasteiger partial charge in [0, 0.05) is 13.1 Å². The zero-order valence-corrected chi connectivity index (χ0v) is 8.33. The molecule has 13 heavy (non-hydrogen) atoms. The normalized spacial score (nSPS) is 12.8. The van der Waals surface area contributed by atoms with Crippen LogP contribution in [0, 0.1) is 0 Å². The highest BCUT2D eigenvalue weighted by atomic mass is 16.6. The minimum absolute atomic E-state index is 0.238. The quantitative estimate of drug-likeness (QED) is 0.495. The van der Waals surface area contributed by atoms with Crippen molar-refractivity contribution in [3.8, 4) is 0 Å². The fourth-order valence-corrected chi connectivity index (χ4v) is 0.623. The van der Waals surface area contributed by atoms with E-state index in [1.54, 1.807) is 20.8 Å². The second kappa shape index (κ2) is 4.04. The van der Waals surface area contributed by atoms with Crippen LogP contribution in [-0.4, -0.2) is 35.4 Å². The van der Waals surface area contributed by atoms with Gasteiger partial charge in [0.2, 0.25) is 0 Å². The molecular formula is C8H18N2O3. The first-order valence-electron chi connectivity index (χ1n) is 4.11. The number of carbonyl (C=O) groups excluding carboxylic acids is 1. The van der Waals surface area contributed by atoms with Gasteiger partial charge in [-0.15, -0.1) is 0 Å². The molecule has 0 atom stereocenters. The lowest BCUT2D eigenvalue weighted by atomic mass is 10.1. The fourth-order valence-electron chi connectivity index (χ4n) is 0.623. The molecule has 0 spiro atoms. The molecule has 0 amide bonds. The van der Waals surface area contributed by atoms with Crippen LogP contribution in [0.4, 0.5) is 0 Å². The van der Waals surface area contributed by atoms with Crippen molar-refractivity contribution >= 4 is 5.97 Å². The molecule has 0 aliphatic heterocycles. The summed E-state index contributed by atoms with van der Waals surface area (Å²) < 4.78 is 4.94. The average Bonchev–Trinajstić information content (AvgIpc) is 2.00. The molecule has 0 bridgehead atoms. The smallest absolute Gasteiger partial charge is 0.341 e. The van der Waals surface area contributed by atoms with Gasteiger partial charge in [-0.1, -0.05) is 0 Å². The van der Waals surface area contributed by atoms with E-state index in [0.29, 0.717) is 0 Å². The molecule has 0 aromatic heterocycles. The van der Waals surface area contributed by atoms with Gasteiger partial charge in [-0.05, 0) is 20.8 Å². The molecule has 0 unspecified atom stereocenters. The maximum atomic E-state index is 11.3. The maximum absolute atomic E-state index is 11.3. The molecule has 0 heterocycles. The van der Waals surface area contributed by atoms with Crippen LogP contribution in [0.2, 0.25) is 0 Å². The Morgan fingerprint density at radius 1 is 1.31 bits per heavy atom. The van der Waals surface area contributed by atoms with Gasteiger partial charge in [-0.2, -0.15) is 0 Å². The molecule has 0 fully saturated rings. The molecule has 5 nitrogen and oxygen atoms in total. The Hall–Kier alpha value is -0.650. The number of esters is 1. The molecule has 0 aromatic carbocycles. The van der Waals surface area contributed by atoms with Gasteiger partial charge in [-0.25, -0.2) is 4.79 Å². The van der Waals surface area contributed by atoms with E-state index in [0.717, 1.165) is 0 Å². The highest BCUT2D eigenvalue weighted by molar-refractivity contribution is 5.80. The first kappa shape index (κ1) is 12.3. The summed E-state index contributed by atoms with van der Waals surface area (Å²) in [5.41, 5.74) is 8.01. The summed E-state index contributed by atoms with van der Waals surface area (Å²) in [6, 6.07) is 0. The molecule has 0 aromatic rings. The topological polar surface area (TPSA) is 98.6 Å². The van der Waals surface area contributed by atoms with Crippen LogP contribution in [-0.2, 0) is 9.53 Å². The molecule has 0 saturated heterocycles. The molecule has 78 valence electrons. The van der Waals surface area contributed by atoms with Crippen LogP contribution in [0.1, 0.15) is 20.8 Å². The fraction of sp³-hybridized carbons (Fsp3) is 0.875. The van der Waals surface area contributed by atoms with Gasteiger partial charge in [0.15, 0.2) is 5.60 Å². The monoisotopic (exact) mass is 190 g/mol. The van der Waals surface area contributed by atoms with Crippen LogP contribution in [0.25, 0.3) is 0 Å². The third-order valence-corrected chi connectivity index (χ3v) is 1.45. The summed E-state index contributed by atoms with van der Waals surface area (Å²) in [6.45, 7) is 4.64. The zero-order valence-electron chi connectivity index (χ0n) is 8.33. The standard InChI is InChI=1S/C8H18N2O3/c1-7(2,3)13-6(11)8(12,4-9)5-10/h12H,4-5,9-10H2,1-3H3. The van der Waals surface area contributed by atoms with E-state index in [2.05, 4.69) is 0 Å². The highest BCUT2D eigenvalue weighted by Gasteiger charge is 2.37. The Labute approximate surface area is 78.0 Å². The molecule has 0 radical (unpaired) electrons. The van der Waals surface area contributed by atoms with Gasteiger partial charge in [0.1, 0.15) is 5.60 Å². The Balaban J connectivity index is 4.41. The van der Waals surface area contributed by atoms with Crippen molar-refractivity contribution in [2.75, 3.05) is 13.1 Å². The Morgan fingerprint density at radius 2 is 1.69 bits per heavy atom. The van der Waals surface area contributed by atoms with E-state index in [1.807, 2.05) is 0 Å². The minimum Gasteiger partial charge on any atom is -0.458 e. The first-order valence-corrected chi connectivity index (χ1v) is 4.11. The van der Waals surface area contributed by atoms with E-state index in [9.17, 15) is 9.90 Å². The Kier molecular flexibility index (Phi) is 3.84. The summed E-state index contributed by atoms with van der Waals surface area (Å²) >= 11 is 0. The summed E-state index contributed by atoms with van der Waals surface area (Å²) in [5.74, 6) is -0.773. The second-order valence-electron chi connectivity index (χ2n) is 3.94. The molecule has 0 saturated carbocycles. The first-order chi connectivity index (χ1) is 5.75. The van der Waals surface area contributed by atoms with Gasteiger partial charge in [0.05, 0.1) is 0 Å². The highest BCUT2D eigenvalue weighted by Crippen LogP contribution is 2.12. The SMILES string of the molecule is CC(C)(C)OC(=O)C(O)(CN)CN. The molecule has 0 aliphatic carbocycles. The molecular weight excluding hydrogens is 172 g/mol. The third-order valence-electron chi connectivity index (χ3n) is 1.45. The van der Waals surface area contributed by atoms with Crippen molar-refractivity contribution in [2.45, 2.75) is 32.0 Å². The van der Waals surface area contributed by atoms with Crippen LogP contribution in [0.5, 0.6) is 0 Å². The molecule has 0 aliphatic rings. The number of hydrogen-bond donors (Lipinski definition) is 3. The van der Waals surface area contributed by atoms with Crippen LogP contribution < -0.4 is 11.5 Å². The van der Waals surface area contributed by atoms with E-state index >= 15 is 0 Å². The van der Waals surface area contributed by atoms with Gasteiger partial charge >= 0.3 is 5.97 Å². The van der Waals surface area contributed by atoms with E-state index in [4.69, 9.17) is 16.2 Å². The number of hydrogen-bond acceptors (Lipinski definition) is 5. The third kappa shape index (κ3) is 3.71. The van der Waals surface area contributed by atoms with Crippen molar-refractivity contribution in [1.29, 1.82) is 0 Å². The van der Waals surface area contributed by atoms with Gasteiger partial charge < -0.3 is 21.3 Å². The molecule has 0 rings (SSSR count). The predicted molar refractivity (Wildman–Crippen MR) is 48.9 cm³/mol. The lowest BCUT2D eigenvalue weighted by Gasteiger charge is -2.28. The lowest BCUT2D eigenvalue weighted by molar-refractivity contribution is -0.175. The number of nitrogens with two attached hydrogens (primary N) is 2. The van der Waals surface area contributed by atoms with Crippen LogP contribution in [0.3, 0.4) is 0 Å². The van der Waals surface area contributed by atoms with Gasteiger partial charge in [-0.3, -0.25) is 0 Å². The maximum Gasteiger partial charge on any atom is 0.341 e. The number of ether oxygens (including phenoxy) is 1. The van der Waals surface area contributed by atoms with Crippen molar-refractivity contribution in [3.05, 3.63) is 0 Å². The van der Waals surface area contributed by atoms with Crippen molar-refractivity contribution in [2.24, 2.45) is 11.5 Å². The van der Waals surface area contributed by atoms with E-state index < -0.39 is 17.2 Å². The van der Waals surface area contributed by atoms with Crippen LogP contribution >= 0.6 is 0 Å². The number of rotatable bonds is 3. The van der Waals surface area contributed by atoms with E-state index in [1.165, 1.54) is 0 Å².